The summed E-state index contributed by atoms with van der Waals surface area (Å²) < 4.78 is 1.57. The van der Waals surface area contributed by atoms with Crippen LogP contribution in [0.2, 0.25) is 0 Å². The number of carbonyl (C=O) groups excluding carboxylic acids is 1. The Morgan fingerprint density at radius 2 is 1.94 bits per heavy atom. The van der Waals surface area contributed by atoms with Gasteiger partial charge in [0.15, 0.2) is 0 Å². The molecule has 0 unspecified atom stereocenters. The van der Waals surface area contributed by atoms with Gasteiger partial charge in [-0.15, -0.1) is 0 Å². The maximum absolute atomic E-state index is 12.4. The lowest BCUT2D eigenvalue weighted by atomic mass is 10.0. The van der Waals surface area contributed by atoms with E-state index < -0.39 is 0 Å². The van der Waals surface area contributed by atoms with Gasteiger partial charge in [0.05, 0.1) is 11.1 Å². The number of rotatable bonds is 2. The van der Waals surface area contributed by atoms with Crippen LogP contribution in [0.15, 0.2) is 48.8 Å². The first-order valence-electron chi connectivity index (χ1n) is 5.64. The molecule has 1 aromatic carbocycles. The van der Waals surface area contributed by atoms with Gasteiger partial charge in [0.2, 0.25) is 5.78 Å². The van der Waals surface area contributed by atoms with Crippen LogP contribution in [0.3, 0.4) is 0 Å². The lowest BCUT2D eigenvalue weighted by Gasteiger charge is -2.04. The third-order valence-electron chi connectivity index (χ3n) is 2.93. The van der Waals surface area contributed by atoms with Gasteiger partial charge in [-0.1, -0.05) is 18.2 Å². The molecule has 18 heavy (non-hydrogen) atoms. The summed E-state index contributed by atoms with van der Waals surface area (Å²) in [6, 6.07) is 11.1. The van der Waals surface area contributed by atoms with Gasteiger partial charge >= 0.3 is 0 Å². The Hall–Kier alpha value is -2.49. The van der Waals surface area contributed by atoms with Crippen molar-refractivity contribution in [1.29, 1.82) is 0 Å². The summed E-state index contributed by atoms with van der Waals surface area (Å²) in [6.07, 6.45) is 3.31. The summed E-state index contributed by atoms with van der Waals surface area (Å²) in [4.78, 5) is 16.7. The maximum Gasteiger partial charge on any atom is 0.213 e. The molecular weight excluding hydrogens is 226 g/mol. The summed E-state index contributed by atoms with van der Waals surface area (Å²) in [5.41, 5.74) is 1.90. The highest BCUT2D eigenvalue weighted by Crippen LogP contribution is 2.18. The molecule has 0 saturated carbocycles. The van der Waals surface area contributed by atoms with Gasteiger partial charge in [-0.05, 0) is 18.2 Å². The fraction of sp³-hybridized carbons (Fsp3) is 0.0714. The molecule has 0 aliphatic heterocycles. The van der Waals surface area contributed by atoms with Crippen molar-refractivity contribution in [2.24, 2.45) is 7.05 Å². The van der Waals surface area contributed by atoms with E-state index in [4.69, 9.17) is 0 Å². The van der Waals surface area contributed by atoms with Gasteiger partial charge in [0, 0.05) is 24.8 Å². The van der Waals surface area contributed by atoms with Crippen LogP contribution in [0.5, 0.6) is 0 Å². The number of aryl methyl sites for hydroxylation is 1. The molecule has 3 rings (SSSR count). The van der Waals surface area contributed by atoms with Crippen LogP contribution < -0.4 is 0 Å². The van der Waals surface area contributed by atoms with E-state index in [1.165, 1.54) is 0 Å². The number of nitrogens with zero attached hydrogens (tertiary/aromatic N) is 3. The first-order chi connectivity index (χ1) is 8.77. The van der Waals surface area contributed by atoms with Crippen molar-refractivity contribution in [2.45, 2.75) is 0 Å². The minimum Gasteiger partial charge on any atom is -0.287 e. The van der Waals surface area contributed by atoms with Crippen molar-refractivity contribution >= 4 is 16.7 Å². The van der Waals surface area contributed by atoms with Crippen molar-refractivity contribution in [2.75, 3.05) is 0 Å². The second-order valence-corrected chi connectivity index (χ2v) is 4.05. The zero-order valence-corrected chi connectivity index (χ0v) is 9.87. The van der Waals surface area contributed by atoms with Crippen LogP contribution in [0.1, 0.15) is 16.1 Å². The molecule has 4 heteroatoms. The molecule has 0 amide bonds. The highest BCUT2D eigenvalue weighted by Gasteiger charge is 2.15. The fourth-order valence-electron chi connectivity index (χ4n) is 2.02. The SMILES string of the molecule is Cn1nccc1C(=O)c1cccc2cccnc12. The molecule has 3 aromatic rings. The second-order valence-electron chi connectivity index (χ2n) is 4.05. The lowest BCUT2D eigenvalue weighted by Crippen LogP contribution is -2.09. The Bertz CT molecular complexity index is 725. The molecule has 0 bridgehead atoms. The van der Waals surface area contributed by atoms with E-state index in [-0.39, 0.29) is 5.78 Å². The molecule has 0 aliphatic rings. The predicted molar refractivity (Wildman–Crippen MR) is 68.4 cm³/mol. The van der Waals surface area contributed by atoms with E-state index >= 15 is 0 Å². The van der Waals surface area contributed by atoms with E-state index in [0.29, 0.717) is 11.3 Å². The van der Waals surface area contributed by atoms with Gasteiger partial charge in [-0.3, -0.25) is 14.5 Å². The van der Waals surface area contributed by atoms with Crippen molar-refractivity contribution in [3.8, 4) is 0 Å². The zero-order valence-electron chi connectivity index (χ0n) is 9.87. The molecule has 0 radical (unpaired) electrons. The predicted octanol–water partition coefficient (Wildman–Crippen LogP) is 2.20. The molecule has 0 aliphatic carbocycles. The standard InChI is InChI=1S/C14H11N3O/c1-17-12(7-9-16-17)14(18)11-6-2-4-10-5-3-8-15-13(10)11/h2-9H,1H3. The number of aromatic nitrogens is 3. The van der Waals surface area contributed by atoms with Gasteiger partial charge in [-0.2, -0.15) is 5.10 Å². The number of benzene rings is 1. The van der Waals surface area contributed by atoms with Crippen molar-refractivity contribution < 1.29 is 4.79 Å². The van der Waals surface area contributed by atoms with Gasteiger partial charge in [-0.25, -0.2) is 0 Å². The van der Waals surface area contributed by atoms with Gasteiger partial charge < -0.3 is 0 Å². The van der Waals surface area contributed by atoms with Crippen LogP contribution in [0.4, 0.5) is 0 Å². The highest BCUT2D eigenvalue weighted by molar-refractivity contribution is 6.14. The lowest BCUT2D eigenvalue weighted by molar-refractivity contribution is 0.103. The average Bonchev–Trinajstić information content (AvgIpc) is 2.83. The van der Waals surface area contributed by atoms with Crippen LogP contribution >= 0.6 is 0 Å². The summed E-state index contributed by atoms with van der Waals surface area (Å²) in [7, 11) is 1.76. The van der Waals surface area contributed by atoms with Crippen LogP contribution in [-0.2, 0) is 7.05 Å². The quantitative estimate of drug-likeness (QED) is 0.642. The van der Waals surface area contributed by atoms with Gasteiger partial charge in [0.1, 0.15) is 5.69 Å². The number of fused-ring (bicyclic) bond motifs is 1. The topological polar surface area (TPSA) is 47.8 Å². The molecule has 0 fully saturated rings. The second kappa shape index (κ2) is 4.07. The van der Waals surface area contributed by atoms with E-state index in [1.807, 2.05) is 24.3 Å². The van der Waals surface area contributed by atoms with Crippen LogP contribution in [0.25, 0.3) is 10.9 Å². The molecule has 0 atom stereocenters. The Morgan fingerprint density at radius 1 is 1.11 bits per heavy atom. The fourth-order valence-corrected chi connectivity index (χ4v) is 2.02. The normalized spacial score (nSPS) is 10.7. The molecule has 2 aromatic heterocycles. The van der Waals surface area contributed by atoms with Crippen molar-refractivity contribution in [1.82, 2.24) is 14.8 Å². The van der Waals surface area contributed by atoms with E-state index in [9.17, 15) is 4.79 Å². The molecule has 0 N–H and O–H groups in total. The molecule has 2 heterocycles. The van der Waals surface area contributed by atoms with Crippen LogP contribution in [-0.4, -0.2) is 20.5 Å². The Kier molecular flexibility index (Phi) is 2.41. The average molecular weight is 237 g/mol. The monoisotopic (exact) mass is 237 g/mol. The van der Waals surface area contributed by atoms with Gasteiger partial charge in [0.25, 0.3) is 0 Å². The van der Waals surface area contributed by atoms with E-state index in [0.717, 1.165) is 10.9 Å². The number of ketones is 1. The van der Waals surface area contributed by atoms with E-state index in [2.05, 4.69) is 10.1 Å². The molecule has 0 saturated heterocycles. The minimum atomic E-state index is -0.0562. The number of hydrogen-bond acceptors (Lipinski definition) is 3. The number of para-hydroxylation sites is 1. The Morgan fingerprint density at radius 3 is 2.72 bits per heavy atom. The first-order valence-corrected chi connectivity index (χ1v) is 5.64. The summed E-state index contributed by atoms with van der Waals surface area (Å²) in [5.74, 6) is -0.0562. The number of carbonyl (C=O) groups is 1. The van der Waals surface area contributed by atoms with Crippen molar-refractivity contribution in [3.05, 3.63) is 60.0 Å². The molecule has 88 valence electrons. The first kappa shape index (κ1) is 10.7. The highest BCUT2D eigenvalue weighted by atomic mass is 16.1. The number of pyridine rings is 1. The summed E-state index contributed by atoms with van der Waals surface area (Å²) in [6.45, 7) is 0. The summed E-state index contributed by atoms with van der Waals surface area (Å²) in [5, 5.41) is 4.98. The Labute approximate surface area is 104 Å². The largest absolute Gasteiger partial charge is 0.287 e. The maximum atomic E-state index is 12.4. The Balaban J connectivity index is 2.21. The molecule has 4 nitrogen and oxygen atoms in total. The smallest absolute Gasteiger partial charge is 0.213 e. The van der Waals surface area contributed by atoms with Crippen LogP contribution in [0, 0.1) is 0 Å². The zero-order chi connectivity index (χ0) is 12.5. The van der Waals surface area contributed by atoms with E-state index in [1.54, 1.807) is 36.3 Å². The third-order valence-corrected chi connectivity index (χ3v) is 2.93. The molecular formula is C14H11N3O. The van der Waals surface area contributed by atoms with Crippen molar-refractivity contribution in [3.63, 3.8) is 0 Å². The summed E-state index contributed by atoms with van der Waals surface area (Å²) >= 11 is 0. The number of hydrogen-bond donors (Lipinski definition) is 0. The third kappa shape index (κ3) is 1.59. The minimum absolute atomic E-state index is 0.0562. The molecule has 0 spiro atoms.